The van der Waals surface area contributed by atoms with E-state index in [1.165, 1.54) is 218 Å². The van der Waals surface area contributed by atoms with E-state index in [1.54, 1.807) is 84.9 Å². The Balaban J connectivity index is 1.05. The number of alkyl halides is 3. The van der Waals surface area contributed by atoms with Crippen LogP contribution in [0.15, 0.2) is 303 Å². The highest BCUT2D eigenvalue weighted by Gasteiger charge is 2.62. The van der Waals surface area contributed by atoms with Crippen LogP contribution in [-0.2, 0) is 75.8 Å². The number of carbonyl (C=O) groups is 10. The largest absolute Gasteiger partial charge is 0.459 e. The monoisotopic (exact) mass is 1690 g/mol. The lowest BCUT2D eigenvalue weighted by molar-refractivity contribution is -0.387. The van der Waals surface area contributed by atoms with Crippen LogP contribution in [0.5, 0.6) is 0 Å². The molecule has 13 rings (SSSR count). The summed E-state index contributed by atoms with van der Waals surface area (Å²) in [6, 6.07) is 74.1. The fourth-order valence-electron chi connectivity index (χ4n) is 12.9. The maximum Gasteiger partial charge on any atom is 0.338 e. The molecule has 0 aromatic heterocycles. The van der Waals surface area contributed by atoms with Gasteiger partial charge in [0.25, 0.3) is 3.79 Å². The molecular formula is C90H72Cl3NO26. The normalized spacial score (nSPS) is 22.5. The van der Waals surface area contributed by atoms with Crippen LogP contribution in [0.25, 0.3) is 0 Å². The van der Waals surface area contributed by atoms with E-state index in [-0.39, 0.29) is 55.6 Å². The molecule has 30 heteroatoms. The van der Waals surface area contributed by atoms with Crippen molar-refractivity contribution in [3.05, 3.63) is 359 Å². The fraction of sp³-hybridized carbons (Fsp3) is 0.211. The first-order valence-corrected chi connectivity index (χ1v) is 38.4. The highest BCUT2D eigenvalue weighted by molar-refractivity contribution is 6.76. The van der Waals surface area contributed by atoms with E-state index in [4.69, 9.17) is 111 Å². The first kappa shape index (κ1) is 84.9. The van der Waals surface area contributed by atoms with Crippen LogP contribution >= 0.6 is 34.8 Å². The molecule has 120 heavy (non-hydrogen) atoms. The summed E-state index contributed by atoms with van der Waals surface area (Å²) in [6.07, 6.45) is -33.6. The van der Waals surface area contributed by atoms with Crippen molar-refractivity contribution in [2.45, 2.75) is 95.9 Å². The van der Waals surface area contributed by atoms with Crippen LogP contribution in [-0.4, -0.2) is 181 Å². The zero-order chi connectivity index (χ0) is 84.1. The number of hydrogen-bond donors (Lipinski definition) is 1. The molecule has 0 saturated carbocycles. The lowest BCUT2D eigenvalue weighted by Gasteiger charge is -2.50. The topological polar surface area (TPSA) is 342 Å². The van der Waals surface area contributed by atoms with E-state index in [0.29, 0.717) is 0 Å². The molecule has 3 aliphatic rings. The Morgan fingerprint density at radius 2 is 0.408 bits per heavy atom. The van der Waals surface area contributed by atoms with Crippen LogP contribution in [0.3, 0.4) is 0 Å². The van der Waals surface area contributed by atoms with Crippen molar-refractivity contribution in [3.8, 4) is 0 Å². The van der Waals surface area contributed by atoms with E-state index >= 15 is 24.0 Å². The van der Waals surface area contributed by atoms with Gasteiger partial charge in [0.15, 0.2) is 67.5 Å². The lowest BCUT2D eigenvalue weighted by Crippen LogP contribution is -2.69. The quantitative estimate of drug-likeness (QED) is 0.0156. The Hall–Kier alpha value is -13.0. The maximum atomic E-state index is 15.6. The second-order valence-corrected chi connectivity index (χ2v) is 29.1. The van der Waals surface area contributed by atoms with Crippen LogP contribution in [0, 0.1) is 5.41 Å². The summed E-state index contributed by atoms with van der Waals surface area (Å²) < 4.78 is 102. The molecule has 3 aliphatic heterocycles. The Labute approximate surface area is 700 Å². The molecule has 15 atom stereocenters. The molecular weight excluding hydrogens is 1620 g/mol. The number of esters is 10. The average molecular weight is 1690 g/mol. The summed E-state index contributed by atoms with van der Waals surface area (Å²) in [4.78, 5) is 149. The second-order valence-electron chi connectivity index (χ2n) is 26.8. The molecule has 0 bridgehead atoms. The van der Waals surface area contributed by atoms with Gasteiger partial charge >= 0.3 is 59.7 Å². The summed E-state index contributed by atoms with van der Waals surface area (Å²) in [5, 5.41) is 9.21. The smallest absolute Gasteiger partial charge is 0.338 e. The van der Waals surface area contributed by atoms with Gasteiger partial charge in [0.05, 0.1) is 55.6 Å². The molecule has 10 aromatic rings. The van der Waals surface area contributed by atoms with E-state index in [0.717, 1.165) is 0 Å². The third-order valence-corrected chi connectivity index (χ3v) is 19.3. The van der Waals surface area contributed by atoms with Gasteiger partial charge in [-0.3, -0.25) is 5.41 Å². The molecule has 0 amide bonds. The SMILES string of the molecule is N=C(O[C@H]1O[C@H](COC(=O)c2ccccc2)[C@@H](OC(=O)c2ccccc2)[C@H](OC(=O)c2ccccc2)[C@@H]1O[C@H]1O[C@H](COC(=O)c2ccccc2)[C@@H](OC(=O)c2ccccc2)[C@H](OC(=O)c2ccccc2)[C@@H]1O[C@H]1O[C@H](COC(=O)c2ccccc2)[C@@H](OC(=O)c2ccccc2)[C@H](OC(=O)c2ccccc2)[C@@H]1OC(=O)c1ccccc1)C(Cl)(Cl)Cl. The van der Waals surface area contributed by atoms with Crippen LogP contribution in [0.2, 0.25) is 0 Å². The third-order valence-electron chi connectivity index (χ3n) is 18.8. The predicted octanol–water partition coefficient (Wildman–Crippen LogP) is 13.4. The summed E-state index contributed by atoms with van der Waals surface area (Å²) >= 11 is 19.4. The first-order valence-electron chi connectivity index (χ1n) is 37.3. The number of ether oxygens (including phenoxy) is 16. The molecule has 3 heterocycles. The van der Waals surface area contributed by atoms with Crippen molar-refractivity contribution >= 4 is 100 Å². The van der Waals surface area contributed by atoms with Gasteiger partial charge in [-0.1, -0.05) is 217 Å². The van der Waals surface area contributed by atoms with Crippen molar-refractivity contribution < 1.29 is 124 Å². The van der Waals surface area contributed by atoms with Crippen LogP contribution in [0.4, 0.5) is 0 Å². The molecule has 10 aromatic carbocycles. The minimum atomic E-state index is -2.81. The molecule has 1 N–H and O–H groups in total. The number of carbonyl (C=O) groups excluding carboxylic acids is 10. The molecule has 614 valence electrons. The molecule has 3 fully saturated rings. The van der Waals surface area contributed by atoms with Crippen molar-refractivity contribution in [1.29, 1.82) is 5.41 Å². The summed E-state index contributed by atoms with van der Waals surface area (Å²) in [7, 11) is 0. The summed E-state index contributed by atoms with van der Waals surface area (Å²) in [5.41, 5.74) is -0.935. The van der Waals surface area contributed by atoms with Gasteiger partial charge in [0, 0.05) is 0 Å². The van der Waals surface area contributed by atoms with Crippen LogP contribution < -0.4 is 0 Å². The Bertz CT molecular complexity index is 5170. The van der Waals surface area contributed by atoms with E-state index in [9.17, 15) is 29.4 Å². The molecule has 0 unspecified atom stereocenters. The highest BCUT2D eigenvalue weighted by Crippen LogP contribution is 2.41. The number of rotatable bonds is 28. The van der Waals surface area contributed by atoms with Gasteiger partial charge in [0.1, 0.15) is 38.1 Å². The number of nitrogens with one attached hydrogen (secondary N) is 1. The maximum absolute atomic E-state index is 15.6. The number of hydrogen-bond acceptors (Lipinski definition) is 27. The minimum Gasteiger partial charge on any atom is -0.459 e. The molecule has 0 radical (unpaired) electrons. The van der Waals surface area contributed by atoms with Crippen molar-refractivity contribution in [3.63, 3.8) is 0 Å². The lowest BCUT2D eigenvalue weighted by atomic mass is 9.95. The van der Waals surface area contributed by atoms with Gasteiger partial charge in [-0.15, -0.1) is 0 Å². The second kappa shape index (κ2) is 40.5. The summed E-state index contributed by atoms with van der Waals surface area (Å²) in [5.74, 6) is -12.4. The van der Waals surface area contributed by atoms with E-state index in [1.807, 2.05) is 0 Å². The van der Waals surface area contributed by atoms with Crippen molar-refractivity contribution in [2.75, 3.05) is 19.8 Å². The standard InChI is InChI=1S/C90H72Cl3NO26/c91-90(92,93)89(94)120-88-75(72(116-84(103)62-47-27-9-28-48-62)69(113-81(100)59-41-21-6-22-42-59)66(110-88)53-107-78(97)56-35-15-3-16-36-56)119-87-74(71(115-83(102)61-45-25-8-26-46-61)68(112-80(99)58-39-19-5-20-40-58)65(109-87)52-106-77(96)55-33-13-2-14-34-55)118-86-73(117-85(104)63-49-29-10-30-50-63)70(114-82(101)60-43-23-7-24-44-60)67(111-79(98)57-37-17-4-18-38-57)64(108-86)51-105-76(95)54-31-11-1-12-32-54/h1-50,64-75,86-88,94H,51-53H2/t64-,65-,66-,67-,68-,69-,70+,71+,72+,73+,74+,75+,86-,87-,88-/m1/s1. The minimum absolute atomic E-state index is 0.00506. The Morgan fingerprint density at radius 3 is 0.633 bits per heavy atom. The van der Waals surface area contributed by atoms with Gasteiger partial charge in [-0.25, -0.2) is 47.9 Å². The number of halogens is 3. The number of benzene rings is 10. The molecule has 3 saturated heterocycles. The zero-order valence-corrected chi connectivity index (χ0v) is 65.2. The Kier molecular flexibility index (Phi) is 28.6. The first-order chi connectivity index (χ1) is 58.2. The van der Waals surface area contributed by atoms with Gasteiger partial charge in [-0.05, 0) is 121 Å². The summed E-state index contributed by atoms with van der Waals surface area (Å²) in [6.45, 7) is -2.87. The van der Waals surface area contributed by atoms with Crippen LogP contribution in [0.1, 0.15) is 104 Å². The molecule has 27 nitrogen and oxygen atoms in total. The third kappa shape index (κ3) is 21.9. The van der Waals surface area contributed by atoms with Gasteiger partial charge in [-0.2, -0.15) is 0 Å². The molecule has 0 spiro atoms. The fourth-order valence-corrected chi connectivity index (χ4v) is 13.0. The predicted molar refractivity (Wildman–Crippen MR) is 425 cm³/mol. The van der Waals surface area contributed by atoms with Crippen molar-refractivity contribution in [2.24, 2.45) is 0 Å². The van der Waals surface area contributed by atoms with E-state index < -0.39 is 181 Å². The van der Waals surface area contributed by atoms with Gasteiger partial charge < -0.3 is 75.8 Å². The highest BCUT2D eigenvalue weighted by atomic mass is 35.6. The zero-order valence-electron chi connectivity index (χ0n) is 62.9. The van der Waals surface area contributed by atoms with Gasteiger partial charge in [0.2, 0.25) is 12.2 Å². The van der Waals surface area contributed by atoms with E-state index in [2.05, 4.69) is 0 Å². The molecule has 0 aliphatic carbocycles. The van der Waals surface area contributed by atoms with Crippen molar-refractivity contribution in [1.82, 2.24) is 0 Å². The Morgan fingerprint density at radius 1 is 0.233 bits per heavy atom. The average Bonchev–Trinajstić information content (AvgIpc) is 0.751.